The number of ether oxygens (including phenoxy) is 1. The molecule has 0 unspecified atom stereocenters. The van der Waals surface area contributed by atoms with E-state index in [-0.39, 0.29) is 31.3 Å². The van der Waals surface area contributed by atoms with Crippen molar-refractivity contribution in [3.63, 3.8) is 0 Å². The lowest BCUT2D eigenvalue weighted by Gasteiger charge is -2.45. The minimum absolute atomic E-state index is 0.101. The molecule has 0 radical (unpaired) electrons. The Hall–Kier alpha value is -5.73. The Morgan fingerprint density at radius 1 is 0.938 bits per heavy atom. The Bertz CT molecular complexity index is 2550. The molecule has 4 aromatic carbocycles. The first-order valence-electron chi connectivity index (χ1n) is 22.1. The van der Waals surface area contributed by atoms with E-state index in [1.807, 2.05) is 81.9 Å². The lowest BCUT2D eigenvalue weighted by Crippen LogP contribution is -2.65. The molecule has 8 rings (SSSR count). The standard InChI is InChI=1S/C50H55Cl2N7O6/c1-56(2)28-45-53-26-43(57(45)3)34-11-17-38(18-12-34)65-44-20-16-37(52)23-35(44)27-59-29-46(61)54-42(30-60)48(63)55-50(25-32-9-14-36(51)15-10-32)21-6-22-58(31-50)49(64)41(24-47(59)62)40-19-13-33-7-4-5-8-39(33)40/h4-5,7-12,14-18,20,23,26,40-42,60H,6,13,19,21-22,24-25,27-31H2,1-3H3,(H,54,61)(H,55,63)/t40-,41+,42+,50-/m1/s1. The first-order chi connectivity index (χ1) is 31.3. The Balaban J connectivity index is 1.11. The van der Waals surface area contributed by atoms with Gasteiger partial charge in [0.15, 0.2) is 0 Å². The normalized spacial score (nSPS) is 21.8. The molecule has 1 aliphatic carbocycles. The molecule has 1 aromatic heterocycles. The number of piperidine rings is 1. The number of imidazole rings is 1. The molecule has 4 atom stereocenters. The fourth-order valence-electron chi connectivity index (χ4n) is 9.70. The summed E-state index contributed by atoms with van der Waals surface area (Å²) < 4.78 is 8.50. The van der Waals surface area contributed by atoms with E-state index in [0.717, 1.165) is 40.2 Å². The number of hydrogen-bond acceptors (Lipinski definition) is 8. The minimum Gasteiger partial charge on any atom is -0.457 e. The van der Waals surface area contributed by atoms with Crippen LogP contribution in [0.1, 0.15) is 59.7 Å². The highest BCUT2D eigenvalue weighted by atomic mass is 35.5. The van der Waals surface area contributed by atoms with Gasteiger partial charge in [-0.05, 0) is 123 Å². The van der Waals surface area contributed by atoms with E-state index in [9.17, 15) is 19.5 Å². The number of nitrogens with one attached hydrogen (secondary N) is 2. The van der Waals surface area contributed by atoms with Crippen molar-refractivity contribution >= 4 is 46.8 Å². The molecule has 4 amide bonds. The molecule has 15 heteroatoms. The van der Waals surface area contributed by atoms with Crippen LogP contribution >= 0.6 is 23.2 Å². The maximum absolute atomic E-state index is 15.2. The molecule has 3 aliphatic rings. The van der Waals surface area contributed by atoms with Gasteiger partial charge in [-0.2, -0.15) is 0 Å². The second-order valence-electron chi connectivity index (χ2n) is 17.9. The number of nitrogens with zero attached hydrogens (tertiary/aromatic N) is 5. The zero-order valence-corrected chi connectivity index (χ0v) is 38.4. The predicted molar refractivity (Wildman–Crippen MR) is 249 cm³/mol. The highest BCUT2D eigenvalue weighted by molar-refractivity contribution is 6.30. The number of carbonyl (C=O) groups excluding carboxylic acids is 4. The van der Waals surface area contributed by atoms with Gasteiger partial charge in [0.05, 0.1) is 43.0 Å². The fraction of sp³-hybridized carbons (Fsp3) is 0.380. The molecule has 340 valence electrons. The van der Waals surface area contributed by atoms with Crippen LogP contribution in [0.15, 0.2) is 97.2 Å². The van der Waals surface area contributed by atoms with Gasteiger partial charge in [-0.3, -0.25) is 19.2 Å². The zero-order valence-electron chi connectivity index (χ0n) is 36.9. The highest BCUT2D eigenvalue weighted by Crippen LogP contribution is 2.42. The molecule has 2 fully saturated rings. The van der Waals surface area contributed by atoms with Crippen LogP contribution in [0.2, 0.25) is 10.0 Å². The number of fused-ring (bicyclic) bond motifs is 3. The fourth-order valence-corrected chi connectivity index (χ4v) is 10.0. The van der Waals surface area contributed by atoms with Crippen LogP contribution in [-0.2, 0) is 52.2 Å². The van der Waals surface area contributed by atoms with E-state index in [2.05, 4.69) is 31.2 Å². The molecule has 2 saturated heterocycles. The van der Waals surface area contributed by atoms with E-state index in [1.54, 1.807) is 35.2 Å². The quantitative estimate of drug-likeness (QED) is 0.136. The summed E-state index contributed by atoms with van der Waals surface area (Å²) in [5.41, 5.74) is 4.61. The van der Waals surface area contributed by atoms with Crippen LogP contribution in [0.25, 0.3) is 11.3 Å². The molecule has 2 bridgehead atoms. The molecular weight excluding hydrogens is 865 g/mol. The van der Waals surface area contributed by atoms with Crippen LogP contribution in [0.3, 0.4) is 0 Å². The van der Waals surface area contributed by atoms with Gasteiger partial charge in [-0.1, -0.05) is 59.6 Å². The molecule has 13 nitrogen and oxygen atoms in total. The molecule has 3 N–H and O–H groups in total. The van der Waals surface area contributed by atoms with Gasteiger partial charge in [0.1, 0.15) is 23.4 Å². The third-order valence-corrected chi connectivity index (χ3v) is 13.4. The number of hydrogen-bond donors (Lipinski definition) is 3. The maximum atomic E-state index is 15.2. The van der Waals surface area contributed by atoms with Crippen molar-refractivity contribution in [2.75, 3.05) is 40.3 Å². The summed E-state index contributed by atoms with van der Waals surface area (Å²) in [5, 5.41) is 17.4. The molecule has 0 saturated carbocycles. The SMILES string of the molecule is CN(C)Cc1ncc(-c2ccc(Oc3ccc(Cl)cc3CN3CC(=O)N[C@@H](CO)C(=O)N[C@@]4(Cc5ccc(Cl)cc5)CCCN(C4)C(=O)[C@H]([C@@H]4CCc5ccccc54)CC3=O)cc2)n1C. The Morgan fingerprint density at radius 2 is 1.69 bits per heavy atom. The molecule has 3 heterocycles. The minimum atomic E-state index is -1.32. The first kappa shape index (κ1) is 45.8. The van der Waals surface area contributed by atoms with Crippen LogP contribution < -0.4 is 15.4 Å². The number of halogens is 2. The van der Waals surface area contributed by atoms with Crippen LogP contribution in [0.5, 0.6) is 11.5 Å². The summed E-state index contributed by atoms with van der Waals surface area (Å²) in [7, 11) is 5.98. The van der Waals surface area contributed by atoms with E-state index in [4.69, 9.17) is 27.9 Å². The van der Waals surface area contributed by atoms with Crippen LogP contribution in [0, 0.1) is 5.92 Å². The van der Waals surface area contributed by atoms with E-state index in [0.29, 0.717) is 65.9 Å². The van der Waals surface area contributed by atoms with Crippen molar-refractivity contribution in [1.29, 1.82) is 0 Å². The average molecular weight is 921 g/mol. The monoisotopic (exact) mass is 919 g/mol. The number of amides is 4. The number of benzene rings is 4. The van der Waals surface area contributed by atoms with Gasteiger partial charge in [-0.15, -0.1) is 0 Å². The molecular formula is C50H55Cl2N7O6. The van der Waals surface area contributed by atoms with Crippen molar-refractivity contribution in [3.05, 3.63) is 135 Å². The Morgan fingerprint density at radius 3 is 2.45 bits per heavy atom. The predicted octanol–water partition coefficient (Wildman–Crippen LogP) is 6.52. The molecule has 5 aromatic rings. The Kier molecular flexibility index (Phi) is 14.0. The summed E-state index contributed by atoms with van der Waals surface area (Å²) in [6.07, 6.45) is 4.67. The number of aliphatic hydroxyl groups excluding tert-OH is 1. The second kappa shape index (κ2) is 19.8. The van der Waals surface area contributed by atoms with Gasteiger partial charge in [-0.25, -0.2) is 4.98 Å². The molecule has 2 aliphatic heterocycles. The summed E-state index contributed by atoms with van der Waals surface area (Å²) in [5.74, 6) is -0.948. The number of rotatable bonds is 11. The number of aromatic nitrogens is 2. The lowest BCUT2D eigenvalue weighted by molar-refractivity contribution is -0.146. The second-order valence-corrected chi connectivity index (χ2v) is 18.8. The summed E-state index contributed by atoms with van der Waals surface area (Å²) in [6, 6.07) is 26.8. The van der Waals surface area contributed by atoms with Crippen molar-refractivity contribution in [1.82, 2.24) is 34.9 Å². The number of carbonyl (C=O) groups is 4. The largest absolute Gasteiger partial charge is 0.457 e. The van der Waals surface area contributed by atoms with Gasteiger partial charge in [0.2, 0.25) is 23.6 Å². The van der Waals surface area contributed by atoms with Crippen molar-refractivity contribution in [2.45, 2.75) is 69.1 Å². The van der Waals surface area contributed by atoms with Gasteiger partial charge in [0.25, 0.3) is 0 Å². The lowest BCUT2D eigenvalue weighted by atomic mass is 9.80. The third-order valence-electron chi connectivity index (χ3n) is 12.9. The number of aliphatic hydroxyl groups is 1. The van der Waals surface area contributed by atoms with Crippen molar-refractivity contribution < 1.29 is 29.0 Å². The Labute approximate surface area is 389 Å². The summed E-state index contributed by atoms with van der Waals surface area (Å²) in [4.78, 5) is 68.1. The first-order valence-corrected chi connectivity index (χ1v) is 22.9. The number of aryl methyl sites for hydroxylation is 1. The summed E-state index contributed by atoms with van der Waals surface area (Å²) >= 11 is 12.8. The van der Waals surface area contributed by atoms with E-state index < -0.39 is 48.4 Å². The summed E-state index contributed by atoms with van der Waals surface area (Å²) in [6.45, 7) is 0.0768. The van der Waals surface area contributed by atoms with E-state index >= 15 is 4.79 Å². The van der Waals surface area contributed by atoms with Gasteiger partial charge in [0, 0.05) is 54.3 Å². The molecule has 65 heavy (non-hydrogen) atoms. The smallest absolute Gasteiger partial charge is 0.245 e. The third kappa shape index (κ3) is 10.5. The zero-order chi connectivity index (χ0) is 45.8. The van der Waals surface area contributed by atoms with Crippen molar-refractivity contribution in [2.24, 2.45) is 13.0 Å². The van der Waals surface area contributed by atoms with E-state index in [1.165, 1.54) is 4.90 Å². The topological polar surface area (TPSA) is 149 Å². The van der Waals surface area contributed by atoms with Crippen LogP contribution in [0.4, 0.5) is 0 Å². The van der Waals surface area contributed by atoms with Gasteiger partial charge >= 0.3 is 0 Å². The average Bonchev–Trinajstić information content (AvgIpc) is 3.88. The maximum Gasteiger partial charge on any atom is 0.245 e. The van der Waals surface area contributed by atoms with Crippen molar-refractivity contribution in [3.8, 4) is 22.8 Å². The highest BCUT2D eigenvalue weighted by Gasteiger charge is 2.45. The van der Waals surface area contributed by atoms with Crippen LogP contribution in [-0.4, -0.2) is 105 Å². The molecule has 0 spiro atoms. The van der Waals surface area contributed by atoms with Gasteiger partial charge < -0.3 is 39.7 Å².